The Bertz CT molecular complexity index is 970. The molecule has 144 valence electrons. The van der Waals surface area contributed by atoms with Crippen LogP contribution in [0.2, 0.25) is 0 Å². The lowest BCUT2D eigenvalue weighted by Crippen LogP contribution is -2.38. The molecule has 2 heterocycles. The number of rotatable bonds is 5. The first-order valence-corrected chi connectivity index (χ1v) is 9.36. The summed E-state index contributed by atoms with van der Waals surface area (Å²) in [6, 6.07) is 17.5. The Balaban J connectivity index is 1.51. The molecule has 6 heteroatoms. The van der Waals surface area contributed by atoms with Crippen LogP contribution in [0.4, 0.5) is 0 Å². The molecule has 6 nitrogen and oxygen atoms in total. The largest absolute Gasteiger partial charge is 0.393 e. The van der Waals surface area contributed by atoms with Crippen LogP contribution >= 0.6 is 0 Å². The van der Waals surface area contributed by atoms with Crippen molar-refractivity contribution in [2.75, 3.05) is 19.7 Å². The second kappa shape index (κ2) is 7.58. The van der Waals surface area contributed by atoms with Crippen molar-refractivity contribution < 1.29 is 15.0 Å². The molecular formula is C22H23N3O3. The van der Waals surface area contributed by atoms with E-state index in [1.165, 1.54) is 5.56 Å². The summed E-state index contributed by atoms with van der Waals surface area (Å²) < 4.78 is 1.88. The summed E-state index contributed by atoms with van der Waals surface area (Å²) in [4.78, 5) is 14.4. The number of nitrogens with zero attached hydrogens (tertiary/aromatic N) is 3. The monoisotopic (exact) mass is 377 g/mol. The van der Waals surface area contributed by atoms with Crippen LogP contribution in [0.25, 0.3) is 11.1 Å². The summed E-state index contributed by atoms with van der Waals surface area (Å²) in [7, 11) is 0. The number of carbonyl (C=O) groups excluding carboxylic acids is 1. The number of aliphatic hydroxyl groups excluding tert-OH is 1. The van der Waals surface area contributed by atoms with E-state index in [1.807, 2.05) is 47.3 Å². The van der Waals surface area contributed by atoms with E-state index in [4.69, 9.17) is 0 Å². The van der Waals surface area contributed by atoms with E-state index < -0.39 is 5.60 Å². The lowest BCUT2D eigenvalue weighted by molar-refractivity contribution is -0.00455. The average Bonchev–Trinajstić information content (AvgIpc) is 3.36. The van der Waals surface area contributed by atoms with Crippen LogP contribution in [0.3, 0.4) is 0 Å². The molecule has 28 heavy (non-hydrogen) atoms. The van der Waals surface area contributed by atoms with Gasteiger partial charge >= 0.3 is 0 Å². The van der Waals surface area contributed by atoms with Crippen LogP contribution in [0, 0.1) is 0 Å². The van der Waals surface area contributed by atoms with Crippen LogP contribution in [0.1, 0.15) is 22.3 Å². The fourth-order valence-electron chi connectivity index (χ4n) is 3.54. The number of likely N-dealkylation sites (tertiary alicyclic amines) is 1. The second-order valence-electron chi connectivity index (χ2n) is 7.35. The van der Waals surface area contributed by atoms with E-state index in [-0.39, 0.29) is 19.1 Å². The lowest BCUT2D eigenvalue weighted by atomic mass is 10.0. The molecule has 2 N–H and O–H groups in total. The zero-order chi connectivity index (χ0) is 19.6. The first-order valence-electron chi connectivity index (χ1n) is 9.36. The van der Waals surface area contributed by atoms with Gasteiger partial charge in [-0.2, -0.15) is 5.10 Å². The van der Waals surface area contributed by atoms with E-state index in [9.17, 15) is 15.0 Å². The van der Waals surface area contributed by atoms with Gasteiger partial charge in [-0.05, 0) is 29.7 Å². The summed E-state index contributed by atoms with van der Waals surface area (Å²) in [6.45, 7) is 0.946. The van der Waals surface area contributed by atoms with Crippen molar-refractivity contribution in [1.29, 1.82) is 0 Å². The average molecular weight is 377 g/mol. The van der Waals surface area contributed by atoms with Gasteiger partial charge in [0.2, 0.25) is 0 Å². The third-order valence-corrected chi connectivity index (χ3v) is 5.18. The summed E-state index contributed by atoms with van der Waals surface area (Å²) in [5, 5.41) is 23.9. The topological polar surface area (TPSA) is 78.6 Å². The summed E-state index contributed by atoms with van der Waals surface area (Å²) in [5.74, 6) is -0.136. The first-order chi connectivity index (χ1) is 13.6. The SMILES string of the molecule is O=C(c1cccc(-c2cnn(Cc3ccccc3)c2)c1)N1CCC(O)(CO)C1. The smallest absolute Gasteiger partial charge is 0.253 e. The molecule has 1 fully saturated rings. The molecule has 0 spiro atoms. The van der Waals surface area contributed by atoms with Gasteiger partial charge in [-0.1, -0.05) is 42.5 Å². The van der Waals surface area contributed by atoms with Gasteiger partial charge in [0, 0.05) is 23.9 Å². The van der Waals surface area contributed by atoms with Crippen molar-refractivity contribution in [3.63, 3.8) is 0 Å². The van der Waals surface area contributed by atoms with Crippen molar-refractivity contribution in [2.45, 2.75) is 18.6 Å². The Morgan fingerprint density at radius 3 is 2.68 bits per heavy atom. The summed E-state index contributed by atoms with van der Waals surface area (Å²) in [5.41, 5.74) is 2.41. The molecule has 2 aromatic carbocycles. The van der Waals surface area contributed by atoms with Gasteiger partial charge in [0.15, 0.2) is 0 Å². The van der Waals surface area contributed by atoms with Gasteiger partial charge in [-0.25, -0.2) is 0 Å². The van der Waals surface area contributed by atoms with Crippen molar-refractivity contribution in [3.8, 4) is 11.1 Å². The zero-order valence-corrected chi connectivity index (χ0v) is 15.5. The van der Waals surface area contributed by atoms with Gasteiger partial charge in [0.1, 0.15) is 5.60 Å². The van der Waals surface area contributed by atoms with Gasteiger partial charge in [-0.3, -0.25) is 9.48 Å². The number of amides is 1. The van der Waals surface area contributed by atoms with Crippen LogP contribution < -0.4 is 0 Å². The maximum atomic E-state index is 12.8. The molecular weight excluding hydrogens is 354 g/mol. The van der Waals surface area contributed by atoms with E-state index >= 15 is 0 Å². The molecule has 1 amide bonds. The molecule has 0 bridgehead atoms. The number of aliphatic hydroxyl groups is 2. The minimum atomic E-state index is -1.19. The number of benzene rings is 2. The summed E-state index contributed by atoms with van der Waals surface area (Å²) in [6.07, 6.45) is 4.16. The maximum absolute atomic E-state index is 12.8. The van der Waals surface area contributed by atoms with Crippen LogP contribution in [0.15, 0.2) is 67.0 Å². The molecule has 1 aliphatic heterocycles. The standard InChI is InChI=1S/C22H23N3O3/c26-16-22(28)9-10-24(15-22)21(27)19-8-4-7-18(11-19)20-12-23-25(14-20)13-17-5-2-1-3-6-17/h1-8,11-12,14,26,28H,9-10,13,15-16H2. The van der Waals surface area contributed by atoms with Crippen LogP contribution in [-0.4, -0.2) is 56.1 Å². The molecule has 1 saturated heterocycles. The van der Waals surface area contributed by atoms with Crippen molar-refractivity contribution in [2.24, 2.45) is 0 Å². The molecule has 3 aromatic rings. The molecule has 0 saturated carbocycles. The van der Waals surface area contributed by atoms with E-state index in [0.29, 0.717) is 25.1 Å². The second-order valence-corrected chi connectivity index (χ2v) is 7.35. The quantitative estimate of drug-likeness (QED) is 0.714. The number of carbonyl (C=O) groups is 1. The fourth-order valence-corrected chi connectivity index (χ4v) is 3.54. The highest BCUT2D eigenvalue weighted by molar-refractivity contribution is 5.95. The Hall–Kier alpha value is -2.96. The highest BCUT2D eigenvalue weighted by atomic mass is 16.3. The first kappa shape index (κ1) is 18.4. The predicted molar refractivity (Wildman–Crippen MR) is 106 cm³/mol. The molecule has 1 aliphatic rings. The van der Waals surface area contributed by atoms with Gasteiger partial charge in [-0.15, -0.1) is 0 Å². The highest BCUT2D eigenvalue weighted by Gasteiger charge is 2.37. The van der Waals surface area contributed by atoms with Crippen LogP contribution in [-0.2, 0) is 6.54 Å². The number of hydrogen-bond donors (Lipinski definition) is 2. The van der Waals surface area contributed by atoms with Gasteiger partial charge in [0.25, 0.3) is 5.91 Å². The van der Waals surface area contributed by atoms with Crippen LogP contribution in [0.5, 0.6) is 0 Å². The Morgan fingerprint density at radius 2 is 1.93 bits per heavy atom. The highest BCUT2D eigenvalue weighted by Crippen LogP contribution is 2.25. The summed E-state index contributed by atoms with van der Waals surface area (Å²) >= 11 is 0. The fraction of sp³-hybridized carbons (Fsp3) is 0.273. The van der Waals surface area contributed by atoms with Crippen molar-refractivity contribution >= 4 is 5.91 Å². The maximum Gasteiger partial charge on any atom is 0.253 e. The molecule has 4 rings (SSSR count). The Labute approximate surface area is 163 Å². The lowest BCUT2D eigenvalue weighted by Gasteiger charge is -2.21. The number of β-amino-alcohol motifs (C(OH)–C–C–N with tert-alkyl or cyclic N) is 1. The Morgan fingerprint density at radius 1 is 1.11 bits per heavy atom. The normalized spacial score (nSPS) is 19.1. The molecule has 1 unspecified atom stereocenters. The third kappa shape index (κ3) is 3.83. The minimum absolute atomic E-state index is 0.136. The molecule has 1 aromatic heterocycles. The predicted octanol–water partition coefficient (Wildman–Crippen LogP) is 2.17. The zero-order valence-electron chi connectivity index (χ0n) is 15.5. The van der Waals surface area contributed by atoms with E-state index in [0.717, 1.165) is 11.1 Å². The van der Waals surface area contributed by atoms with Crippen molar-refractivity contribution in [1.82, 2.24) is 14.7 Å². The molecule has 0 radical (unpaired) electrons. The minimum Gasteiger partial charge on any atom is -0.393 e. The van der Waals surface area contributed by atoms with Gasteiger partial charge < -0.3 is 15.1 Å². The van der Waals surface area contributed by atoms with E-state index in [1.54, 1.807) is 17.2 Å². The van der Waals surface area contributed by atoms with Crippen molar-refractivity contribution in [3.05, 3.63) is 78.1 Å². The number of hydrogen-bond acceptors (Lipinski definition) is 4. The third-order valence-electron chi connectivity index (χ3n) is 5.18. The molecule has 0 aliphatic carbocycles. The molecule has 1 atom stereocenters. The van der Waals surface area contributed by atoms with E-state index in [2.05, 4.69) is 17.2 Å². The number of aromatic nitrogens is 2. The Kier molecular flexibility index (Phi) is 4.98. The van der Waals surface area contributed by atoms with Gasteiger partial charge in [0.05, 0.1) is 25.9 Å².